The molecular formula is C13H24N2. The van der Waals surface area contributed by atoms with Gasteiger partial charge < -0.3 is 0 Å². The Balaban J connectivity index is 0. The van der Waals surface area contributed by atoms with Crippen molar-refractivity contribution in [3.63, 3.8) is 0 Å². The summed E-state index contributed by atoms with van der Waals surface area (Å²) in [5.41, 5.74) is 3.30. The summed E-state index contributed by atoms with van der Waals surface area (Å²) in [6.45, 7) is 15.6. The zero-order valence-electron chi connectivity index (χ0n) is 10.9. The first-order valence-corrected chi connectivity index (χ1v) is 5.56. The maximum Gasteiger partial charge on any atom is 0.0880 e. The average molecular weight is 208 g/mol. The number of nitrogens with one attached hydrogen (secondary N) is 1. The van der Waals surface area contributed by atoms with Gasteiger partial charge in [-0.15, -0.1) is 0 Å². The fourth-order valence-corrected chi connectivity index (χ4v) is 0.825. The van der Waals surface area contributed by atoms with Gasteiger partial charge in [-0.05, 0) is 25.5 Å². The average Bonchev–Trinajstić information content (AvgIpc) is 2.63. The summed E-state index contributed by atoms with van der Waals surface area (Å²) >= 11 is 0. The molecule has 1 heterocycles. The third kappa shape index (κ3) is 5.89. The van der Waals surface area contributed by atoms with Crippen molar-refractivity contribution in [2.75, 3.05) is 0 Å². The van der Waals surface area contributed by atoms with Crippen LogP contribution in [-0.2, 0) is 0 Å². The number of hydrogen-bond donors (Lipinski definition) is 1. The molecule has 86 valence electrons. The van der Waals surface area contributed by atoms with Crippen LogP contribution in [0, 0.1) is 13.8 Å². The Hall–Kier alpha value is -1.31. The van der Waals surface area contributed by atoms with Crippen LogP contribution in [0.15, 0.2) is 18.7 Å². The van der Waals surface area contributed by atoms with E-state index in [0.717, 1.165) is 11.4 Å². The van der Waals surface area contributed by atoms with Crippen LogP contribution in [0.5, 0.6) is 0 Å². The van der Waals surface area contributed by atoms with E-state index >= 15 is 0 Å². The first kappa shape index (κ1) is 16.1. The van der Waals surface area contributed by atoms with E-state index in [1.807, 2.05) is 53.7 Å². The molecule has 0 aliphatic heterocycles. The van der Waals surface area contributed by atoms with Crippen molar-refractivity contribution in [3.05, 3.63) is 35.7 Å². The van der Waals surface area contributed by atoms with E-state index in [2.05, 4.69) is 16.8 Å². The summed E-state index contributed by atoms with van der Waals surface area (Å²) in [5.74, 6) is 0. The van der Waals surface area contributed by atoms with Gasteiger partial charge in [0.25, 0.3) is 0 Å². The van der Waals surface area contributed by atoms with Crippen molar-refractivity contribution >= 4 is 6.08 Å². The van der Waals surface area contributed by atoms with Gasteiger partial charge in [0, 0.05) is 5.69 Å². The summed E-state index contributed by atoms with van der Waals surface area (Å²) in [7, 11) is 0. The smallest absolute Gasteiger partial charge is 0.0880 e. The Morgan fingerprint density at radius 1 is 1.13 bits per heavy atom. The van der Waals surface area contributed by atoms with E-state index in [0.29, 0.717) is 0 Å². The number of aromatic nitrogens is 2. The monoisotopic (exact) mass is 208 g/mol. The highest BCUT2D eigenvalue weighted by atomic mass is 15.1. The number of aryl methyl sites for hydroxylation is 1. The molecule has 2 heteroatoms. The van der Waals surface area contributed by atoms with Crippen molar-refractivity contribution in [1.29, 1.82) is 0 Å². The van der Waals surface area contributed by atoms with Gasteiger partial charge in [-0.1, -0.05) is 46.4 Å². The third-order valence-electron chi connectivity index (χ3n) is 1.68. The first-order valence-electron chi connectivity index (χ1n) is 5.56. The molecular weight excluding hydrogens is 184 g/mol. The lowest BCUT2D eigenvalue weighted by Gasteiger charge is -1.86. The zero-order valence-corrected chi connectivity index (χ0v) is 10.9. The number of allylic oxidation sites excluding steroid dienone is 2. The van der Waals surface area contributed by atoms with Crippen molar-refractivity contribution in [1.82, 2.24) is 10.2 Å². The van der Waals surface area contributed by atoms with E-state index in [1.165, 1.54) is 5.56 Å². The Morgan fingerprint density at radius 3 is 2.00 bits per heavy atom. The van der Waals surface area contributed by atoms with Crippen LogP contribution in [0.3, 0.4) is 0 Å². The van der Waals surface area contributed by atoms with Gasteiger partial charge in [-0.3, -0.25) is 5.10 Å². The quantitative estimate of drug-likeness (QED) is 0.722. The second kappa shape index (κ2) is 10.8. The second-order valence-corrected chi connectivity index (χ2v) is 2.45. The van der Waals surface area contributed by atoms with Gasteiger partial charge in [0.05, 0.1) is 5.69 Å². The number of nitrogens with zero attached hydrogens (tertiary/aromatic N) is 1. The molecule has 1 rings (SSSR count). The molecule has 0 saturated carbocycles. The highest BCUT2D eigenvalue weighted by Crippen LogP contribution is 2.09. The molecule has 1 N–H and O–H groups in total. The fraction of sp³-hybridized carbons (Fsp3) is 0.462. The van der Waals surface area contributed by atoms with E-state index in [-0.39, 0.29) is 0 Å². The van der Waals surface area contributed by atoms with Crippen molar-refractivity contribution < 1.29 is 0 Å². The van der Waals surface area contributed by atoms with Crippen LogP contribution < -0.4 is 0 Å². The molecule has 0 unspecified atom stereocenters. The molecule has 0 radical (unpaired) electrons. The van der Waals surface area contributed by atoms with E-state index in [1.54, 1.807) is 6.08 Å². The minimum absolute atomic E-state index is 0.988. The molecule has 0 bridgehead atoms. The summed E-state index contributed by atoms with van der Waals surface area (Å²) in [6, 6.07) is 0. The lowest BCUT2D eigenvalue weighted by Crippen LogP contribution is -1.75. The Labute approximate surface area is 94.1 Å². The number of H-pyrrole nitrogens is 1. The highest BCUT2D eigenvalue weighted by Gasteiger charge is 1.99. The maximum absolute atomic E-state index is 4.09. The SMILES string of the molecule is C=C/C=C\c1n[nH]c(C)c1C.CC.CC. The molecule has 2 nitrogen and oxygen atoms in total. The summed E-state index contributed by atoms with van der Waals surface area (Å²) in [5, 5.41) is 7.00. The van der Waals surface area contributed by atoms with Crippen LogP contribution >= 0.6 is 0 Å². The number of hydrogen-bond acceptors (Lipinski definition) is 1. The van der Waals surface area contributed by atoms with Gasteiger partial charge in [0.1, 0.15) is 0 Å². The Kier molecular flexibility index (Phi) is 11.6. The second-order valence-electron chi connectivity index (χ2n) is 2.45. The minimum atomic E-state index is 0.988. The molecule has 1 aromatic heterocycles. The molecule has 0 amide bonds. The van der Waals surface area contributed by atoms with Crippen LogP contribution in [0.1, 0.15) is 44.6 Å². The fourth-order valence-electron chi connectivity index (χ4n) is 0.825. The molecule has 15 heavy (non-hydrogen) atoms. The van der Waals surface area contributed by atoms with Gasteiger partial charge >= 0.3 is 0 Å². The van der Waals surface area contributed by atoms with Crippen molar-refractivity contribution in [2.45, 2.75) is 41.5 Å². The largest absolute Gasteiger partial charge is 0.282 e. The molecule has 1 aromatic rings. The topological polar surface area (TPSA) is 28.7 Å². The third-order valence-corrected chi connectivity index (χ3v) is 1.68. The predicted octanol–water partition coefficient (Wildman–Crippen LogP) is 4.28. The molecule has 0 fully saturated rings. The molecule has 0 aliphatic carbocycles. The van der Waals surface area contributed by atoms with Crippen molar-refractivity contribution in [2.24, 2.45) is 0 Å². The van der Waals surface area contributed by atoms with E-state index < -0.39 is 0 Å². The highest BCUT2D eigenvalue weighted by molar-refractivity contribution is 5.51. The Morgan fingerprint density at radius 2 is 1.67 bits per heavy atom. The lowest BCUT2D eigenvalue weighted by molar-refractivity contribution is 1.04. The molecule has 0 atom stereocenters. The molecule has 0 aliphatic rings. The van der Waals surface area contributed by atoms with Crippen LogP contribution in [-0.4, -0.2) is 10.2 Å². The first-order chi connectivity index (χ1) is 7.25. The van der Waals surface area contributed by atoms with Crippen molar-refractivity contribution in [3.8, 4) is 0 Å². The van der Waals surface area contributed by atoms with Crippen LogP contribution in [0.2, 0.25) is 0 Å². The number of aromatic amines is 1. The van der Waals surface area contributed by atoms with Gasteiger partial charge in [0.15, 0.2) is 0 Å². The van der Waals surface area contributed by atoms with Gasteiger partial charge in [-0.2, -0.15) is 5.10 Å². The normalized spacial score (nSPS) is 8.67. The molecule has 0 aromatic carbocycles. The maximum atomic E-state index is 4.09. The van der Waals surface area contributed by atoms with Crippen LogP contribution in [0.25, 0.3) is 6.08 Å². The van der Waals surface area contributed by atoms with E-state index in [9.17, 15) is 0 Å². The lowest BCUT2D eigenvalue weighted by atomic mass is 10.2. The zero-order chi connectivity index (χ0) is 12.3. The summed E-state index contributed by atoms with van der Waals surface area (Å²) < 4.78 is 0. The number of rotatable bonds is 2. The van der Waals surface area contributed by atoms with E-state index in [4.69, 9.17) is 0 Å². The minimum Gasteiger partial charge on any atom is -0.282 e. The van der Waals surface area contributed by atoms with Crippen LogP contribution in [0.4, 0.5) is 0 Å². The molecule has 0 saturated heterocycles. The summed E-state index contributed by atoms with van der Waals surface area (Å²) in [4.78, 5) is 0. The summed E-state index contributed by atoms with van der Waals surface area (Å²) in [6.07, 6.45) is 5.55. The van der Waals surface area contributed by atoms with Gasteiger partial charge in [-0.25, -0.2) is 0 Å². The molecule has 0 spiro atoms. The predicted molar refractivity (Wildman–Crippen MR) is 70.0 cm³/mol. The standard InChI is InChI=1S/C9H12N2.2C2H6/c1-4-5-6-9-7(2)8(3)10-11-9;2*1-2/h4-6H,1H2,2-3H3,(H,10,11);2*1-2H3/b6-5-;;. The Bertz CT molecular complexity index is 283. The van der Waals surface area contributed by atoms with Gasteiger partial charge in [0.2, 0.25) is 0 Å².